The fraction of sp³-hybridized carbons (Fsp3) is 0.250. The van der Waals surface area contributed by atoms with Crippen LogP contribution in [0.1, 0.15) is 29.1 Å². The Morgan fingerprint density at radius 3 is 2.71 bits per heavy atom. The number of thiophene rings is 1. The number of nitrogens with zero attached hydrogens (tertiary/aromatic N) is 1. The van der Waals surface area contributed by atoms with Gasteiger partial charge in [0.15, 0.2) is 0 Å². The normalized spacial score (nSPS) is 11.0. The molecule has 21 heavy (non-hydrogen) atoms. The van der Waals surface area contributed by atoms with Gasteiger partial charge in [0.05, 0.1) is 12.8 Å². The van der Waals surface area contributed by atoms with Gasteiger partial charge < -0.3 is 4.74 Å². The van der Waals surface area contributed by atoms with Gasteiger partial charge >= 0.3 is 0 Å². The molecule has 0 fully saturated rings. The molecule has 0 saturated heterocycles. The third-order valence-electron chi connectivity index (χ3n) is 2.60. The van der Waals surface area contributed by atoms with Gasteiger partial charge in [-0.25, -0.2) is 5.43 Å². The fourth-order valence-electron chi connectivity index (χ4n) is 1.55. The zero-order valence-corrected chi connectivity index (χ0v) is 12.9. The van der Waals surface area contributed by atoms with Gasteiger partial charge in [0, 0.05) is 10.4 Å². The van der Waals surface area contributed by atoms with E-state index in [2.05, 4.69) is 24.4 Å². The number of amides is 1. The number of nitrogens with one attached hydrogen (secondary N) is 1. The molecule has 110 valence electrons. The lowest BCUT2D eigenvalue weighted by atomic mass is 10.2. The minimum absolute atomic E-state index is 0.238. The summed E-state index contributed by atoms with van der Waals surface area (Å²) >= 11 is 1.56. The monoisotopic (exact) mass is 302 g/mol. The molecular weight excluding hydrogens is 284 g/mol. The molecule has 0 atom stereocenters. The first-order valence-electron chi connectivity index (χ1n) is 6.75. The molecule has 0 aliphatic carbocycles. The van der Waals surface area contributed by atoms with Crippen molar-refractivity contribution in [3.05, 3.63) is 52.2 Å². The van der Waals surface area contributed by atoms with Crippen LogP contribution in [0.2, 0.25) is 0 Å². The Bertz CT molecular complexity index is 589. The number of benzene rings is 1. The fourth-order valence-corrected chi connectivity index (χ4v) is 2.13. The van der Waals surface area contributed by atoms with Crippen molar-refractivity contribution in [2.75, 3.05) is 6.61 Å². The van der Waals surface area contributed by atoms with Gasteiger partial charge in [-0.1, -0.05) is 19.9 Å². The molecule has 1 amide bonds. The first-order valence-corrected chi connectivity index (χ1v) is 7.63. The van der Waals surface area contributed by atoms with E-state index >= 15 is 0 Å². The van der Waals surface area contributed by atoms with Crippen LogP contribution >= 0.6 is 11.3 Å². The minimum atomic E-state index is -0.238. The highest BCUT2D eigenvalue weighted by Crippen LogP contribution is 2.13. The summed E-state index contributed by atoms with van der Waals surface area (Å²) in [5.41, 5.74) is 3.05. The highest BCUT2D eigenvalue weighted by Gasteiger charge is 2.04. The smallest absolute Gasteiger partial charge is 0.271 e. The van der Waals surface area contributed by atoms with Crippen molar-refractivity contribution in [2.24, 2.45) is 11.0 Å². The lowest BCUT2D eigenvalue weighted by molar-refractivity contribution is 0.0955. The Labute approximate surface area is 128 Å². The van der Waals surface area contributed by atoms with Gasteiger partial charge in [-0.3, -0.25) is 4.79 Å². The standard InChI is InChI=1S/C16H18N2O2S/c1-12(2)11-20-14-7-5-13(6-8-14)16(19)18-17-10-15-4-3-9-21-15/h3-10,12H,11H2,1-2H3,(H,18,19). The van der Waals surface area contributed by atoms with Gasteiger partial charge in [0.25, 0.3) is 5.91 Å². The van der Waals surface area contributed by atoms with Crippen molar-refractivity contribution in [1.82, 2.24) is 5.43 Å². The SMILES string of the molecule is CC(C)COc1ccc(C(=O)NN=Cc2cccs2)cc1. The molecule has 0 radical (unpaired) electrons. The maximum Gasteiger partial charge on any atom is 0.271 e. The second-order valence-electron chi connectivity index (χ2n) is 4.94. The largest absolute Gasteiger partial charge is 0.493 e. The summed E-state index contributed by atoms with van der Waals surface area (Å²) in [5.74, 6) is 1.00. The van der Waals surface area contributed by atoms with Gasteiger partial charge in [-0.15, -0.1) is 11.3 Å². The zero-order valence-electron chi connectivity index (χ0n) is 12.1. The Morgan fingerprint density at radius 2 is 2.10 bits per heavy atom. The molecule has 1 N–H and O–H groups in total. The highest BCUT2D eigenvalue weighted by atomic mass is 32.1. The van der Waals surface area contributed by atoms with Gasteiger partial charge in [0.2, 0.25) is 0 Å². The van der Waals surface area contributed by atoms with E-state index in [0.29, 0.717) is 18.1 Å². The molecule has 0 spiro atoms. The summed E-state index contributed by atoms with van der Waals surface area (Å²) in [4.78, 5) is 12.9. The van der Waals surface area contributed by atoms with Crippen LogP contribution in [-0.4, -0.2) is 18.7 Å². The highest BCUT2D eigenvalue weighted by molar-refractivity contribution is 7.11. The van der Waals surface area contributed by atoms with Crippen LogP contribution < -0.4 is 10.2 Å². The van der Waals surface area contributed by atoms with E-state index in [4.69, 9.17) is 4.74 Å². The molecular formula is C16H18N2O2S. The summed E-state index contributed by atoms with van der Waals surface area (Å²) in [6.45, 7) is 4.84. The number of hydrazone groups is 1. The van der Waals surface area contributed by atoms with Crippen molar-refractivity contribution in [3.63, 3.8) is 0 Å². The van der Waals surface area contributed by atoms with Gasteiger partial charge in [0.1, 0.15) is 5.75 Å². The van der Waals surface area contributed by atoms with E-state index in [-0.39, 0.29) is 5.91 Å². The van der Waals surface area contributed by atoms with Crippen LogP contribution in [0, 0.1) is 5.92 Å². The number of hydrogen-bond donors (Lipinski definition) is 1. The third kappa shape index (κ3) is 5.04. The molecule has 1 heterocycles. The average molecular weight is 302 g/mol. The molecule has 2 aromatic rings. The first-order chi connectivity index (χ1) is 10.1. The van der Waals surface area contributed by atoms with E-state index in [1.165, 1.54) is 0 Å². The molecule has 0 bridgehead atoms. The van der Waals surface area contributed by atoms with Crippen LogP contribution in [0.5, 0.6) is 5.75 Å². The molecule has 0 saturated carbocycles. The van der Waals surface area contributed by atoms with Crippen LogP contribution in [-0.2, 0) is 0 Å². The summed E-state index contributed by atoms with van der Waals surface area (Å²) in [6, 6.07) is 10.9. The Morgan fingerprint density at radius 1 is 1.33 bits per heavy atom. The van der Waals surface area contributed by atoms with E-state index in [9.17, 15) is 4.79 Å². The Hall–Kier alpha value is -2.14. The molecule has 1 aromatic carbocycles. The van der Waals surface area contributed by atoms with Crippen molar-refractivity contribution < 1.29 is 9.53 Å². The Kier molecular flexibility index (Phi) is 5.51. The van der Waals surface area contributed by atoms with E-state index in [0.717, 1.165) is 10.6 Å². The maximum absolute atomic E-state index is 11.9. The lowest BCUT2D eigenvalue weighted by Crippen LogP contribution is -2.17. The molecule has 0 aliphatic heterocycles. The molecule has 2 rings (SSSR count). The molecule has 0 unspecified atom stereocenters. The van der Waals surface area contributed by atoms with Gasteiger partial charge in [-0.2, -0.15) is 5.10 Å². The number of carbonyl (C=O) groups excluding carboxylic acids is 1. The first kappa shape index (κ1) is 15.3. The van der Waals surface area contributed by atoms with Crippen LogP contribution in [0.15, 0.2) is 46.9 Å². The molecule has 0 aliphatic rings. The van der Waals surface area contributed by atoms with Crippen molar-refractivity contribution in [2.45, 2.75) is 13.8 Å². The predicted octanol–water partition coefficient (Wildman–Crippen LogP) is 3.55. The Balaban J connectivity index is 1.87. The number of hydrogen-bond acceptors (Lipinski definition) is 4. The van der Waals surface area contributed by atoms with E-state index in [1.807, 2.05) is 17.5 Å². The predicted molar refractivity (Wildman–Crippen MR) is 86.2 cm³/mol. The summed E-state index contributed by atoms with van der Waals surface area (Å²) < 4.78 is 5.57. The third-order valence-corrected chi connectivity index (χ3v) is 3.41. The van der Waals surface area contributed by atoms with Crippen LogP contribution in [0.3, 0.4) is 0 Å². The van der Waals surface area contributed by atoms with Crippen molar-refractivity contribution >= 4 is 23.5 Å². The average Bonchev–Trinajstić information content (AvgIpc) is 2.99. The topological polar surface area (TPSA) is 50.7 Å². The number of ether oxygens (including phenoxy) is 1. The van der Waals surface area contributed by atoms with E-state index < -0.39 is 0 Å². The summed E-state index contributed by atoms with van der Waals surface area (Å²) in [7, 11) is 0. The second kappa shape index (κ2) is 7.59. The van der Waals surface area contributed by atoms with Crippen LogP contribution in [0.4, 0.5) is 0 Å². The quantitative estimate of drug-likeness (QED) is 0.655. The second-order valence-corrected chi connectivity index (χ2v) is 5.92. The lowest BCUT2D eigenvalue weighted by Gasteiger charge is -2.08. The van der Waals surface area contributed by atoms with Gasteiger partial charge in [-0.05, 0) is 41.6 Å². The van der Waals surface area contributed by atoms with Crippen LogP contribution in [0.25, 0.3) is 0 Å². The summed E-state index contributed by atoms with van der Waals surface area (Å²) in [6.07, 6.45) is 1.63. The van der Waals surface area contributed by atoms with E-state index in [1.54, 1.807) is 41.8 Å². The number of carbonyl (C=O) groups is 1. The maximum atomic E-state index is 11.9. The molecule has 1 aromatic heterocycles. The van der Waals surface area contributed by atoms with Crippen molar-refractivity contribution in [3.8, 4) is 5.75 Å². The minimum Gasteiger partial charge on any atom is -0.493 e. The summed E-state index contributed by atoms with van der Waals surface area (Å²) in [5, 5.41) is 5.88. The zero-order chi connectivity index (χ0) is 15.1. The molecule has 4 nitrogen and oxygen atoms in total. The van der Waals surface area contributed by atoms with Crippen molar-refractivity contribution in [1.29, 1.82) is 0 Å². The molecule has 5 heteroatoms. The number of rotatable bonds is 6.